The highest BCUT2D eigenvalue weighted by Gasteiger charge is 2.12. The molecule has 0 heterocycles. The van der Waals surface area contributed by atoms with Gasteiger partial charge in [0, 0.05) is 13.7 Å². The minimum atomic E-state index is -0.420. The van der Waals surface area contributed by atoms with Crippen molar-refractivity contribution in [2.75, 3.05) is 13.7 Å². The maximum Gasteiger partial charge on any atom is 0.315 e. The van der Waals surface area contributed by atoms with E-state index in [1.165, 1.54) is 0 Å². The quantitative estimate of drug-likeness (QED) is 0.735. The Morgan fingerprint density at radius 2 is 1.87 bits per heavy atom. The highest BCUT2D eigenvalue weighted by Crippen LogP contribution is 2.11. The standard InChI is InChI=1S/C18H22N2O3/c1-23-13-15-7-5-6-14(10-15)11-19-18(22)20-17(12-21)16-8-3-2-4-9-16/h2-10,17,21H,11-13H2,1H3,(H2,19,20,22). The Kier molecular flexibility index (Phi) is 6.59. The van der Waals surface area contributed by atoms with Crippen LogP contribution < -0.4 is 10.6 Å². The van der Waals surface area contributed by atoms with E-state index in [0.717, 1.165) is 16.7 Å². The molecule has 122 valence electrons. The number of rotatable bonds is 7. The first-order chi connectivity index (χ1) is 11.2. The van der Waals surface area contributed by atoms with Gasteiger partial charge >= 0.3 is 6.03 Å². The molecule has 0 saturated carbocycles. The van der Waals surface area contributed by atoms with Crippen LogP contribution in [0.15, 0.2) is 54.6 Å². The van der Waals surface area contributed by atoms with Crippen LogP contribution in [-0.2, 0) is 17.9 Å². The third kappa shape index (κ3) is 5.39. The average Bonchev–Trinajstić information content (AvgIpc) is 2.59. The van der Waals surface area contributed by atoms with Crippen molar-refractivity contribution in [1.82, 2.24) is 10.6 Å². The molecule has 3 N–H and O–H groups in total. The molecule has 0 aliphatic carbocycles. The Morgan fingerprint density at radius 3 is 2.57 bits per heavy atom. The van der Waals surface area contributed by atoms with E-state index >= 15 is 0 Å². The van der Waals surface area contributed by atoms with Crippen LogP contribution in [0.2, 0.25) is 0 Å². The zero-order valence-corrected chi connectivity index (χ0v) is 13.2. The molecule has 1 unspecified atom stereocenters. The van der Waals surface area contributed by atoms with E-state index in [-0.39, 0.29) is 12.6 Å². The third-order valence-electron chi connectivity index (χ3n) is 3.45. The minimum absolute atomic E-state index is 0.152. The van der Waals surface area contributed by atoms with Gasteiger partial charge in [-0.2, -0.15) is 0 Å². The molecule has 0 aliphatic rings. The van der Waals surface area contributed by atoms with Gasteiger partial charge in [0.15, 0.2) is 0 Å². The molecule has 5 nitrogen and oxygen atoms in total. The second kappa shape index (κ2) is 8.92. The van der Waals surface area contributed by atoms with Crippen molar-refractivity contribution in [3.63, 3.8) is 0 Å². The first kappa shape index (κ1) is 17.0. The number of aliphatic hydroxyl groups is 1. The third-order valence-corrected chi connectivity index (χ3v) is 3.45. The highest BCUT2D eigenvalue weighted by atomic mass is 16.5. The van der Waals surface area contributed by atoms with Gasteiger partial charge in [-0.15, -0.1) is 0 Å². The molecule has 2 rings (SSSR count). The van der Waals surface area contributed by atoms with Crippen LogP contribution in [-0.4, -0.2) is 24.9 Å². The van der Waals surface area contributed by atoms with Crippen LogP contribution >= 0.6 is 0 Å². The normalized spacial score (nSPS) is 11.7. The second-order valence-corrected chi connectivity index (χ2v) is 5.23. The van der Waals surface area contributed by atoms with Crippen molar-refractivity contribution >= 4 is 6.03 Å². The van der Waals surface area contributed by atoms with Gasteiger partial charge in [0.2, 0.25) is 0 Å². The molecule has 2 aromatic carbocycles. The zero-order chi connectivity index (χ0) is 16.5. The Labute approximate surface area is 136 Å². The molecule has 0 radical (unpaired) electrons. The number of aliphatic hydroxyl groups excluding tert-OH is 1. The number of amides is 2. The summed E-state index contributed by atoms with van der Waals surface area (Å²) in [5.41, 5.74) is 2.92. The molecule has 2 amide bonds. The molecule has 0 aliphatic heterocycles. The lowest BCUT2D eigenvalue weighted by Gasteiger charge is -2.17. The Balaban J connectivity index is 1.88. The summed E-state index contributed by atoms with van der Waals surface area (Å²) in [6.07, 6.45) is 0. The van der Waals surface area contributed by atoms with Crippen LogP contribution in [0.4, 0.5) is 4.79 Å². The highest BCUT2D eigenvalue weighted by molar-refractivity contribution is 5.74. The van der Waals surface area contributed by atoms with Gasteiger partial charge in [-0.3, -0.25) is 0 Å². The lowest BCUT2D eigenvalue weighted by molar-refractivity contribution is 0.185. The van der Waals surface area contributed by atoms with Crippen LogP contribution in [0.1, 0.15) is 22.7 Å². The fraction of sp³-hybridized carbons (Fsp3) is 0.278. The minimum Gasteiger partial charge on any atom is -0.394 e. The average molecular weight is 314 g/mol. The van der Waals surface area contributed by atoms with Crippen LogP contribution in [0.25, 0.3) is 0 Å². The monoisotopic (exact) mass is 314 g/mol. The number of ether oxygens (including phenoxy) is 1. The van der Waals surface area contributed by atoms with E-state index in [2.05, 4.69) is 10.6 Å². The van der Waals surface area contributed by atoms with Gasteiger partial charge in [0.1, 0.15) is 0 Å². The molecule has 0 saturated heterocycles. The molecular weight excluding hydrogens is 292 g/mol. The van der Waals surface area contributed by atoms with E-state index in [4.69, 9.17) is 4.74 Å². The SMILES string of the molecule is COCc1cccc(CNC(=O)NC(CO)c2ccccc2)c1. The molecule has 5 heteroatoms. The topological polar surface area (TPSA) is 70.6 Å². The second-order valence-electron chi connectivity index (χ2n) is 5.23. The maximum absolute atomic E-state index is 12.0. The summed E-state index contributed by atoms with van der Waals surface area (Å²) in [6.45, 7) is 0.803. The molecule has 0 fully saturated rings. The summed E-state index contributed by atoms with van der Waals surface area (Å²) in [5.74, 6) is 0. The molecule has 2 aromatic rings. The van der Waals surface area contributed by atoms with Gasteiger partial charge in [-0.25, -0.2) is 4.79 Å². The van der Waals surface area contributed by atoms with Crippen molar-refractivity contribution in [2.45, 2.75) is 19.2 Å². The van der Waals surface area contributed by atoms with Crippen LogP contribution in [0, 0.1) is 0 Å². The van der Waals surface area contributed by atoms with Crippen LogP contribution in [0.3, 0.4) is 0 Å². The number of nitrogens with one attached hydrogen (secondary N) is 2. The summed E-state index contributed by atoms with van der Waals surface area (Å²) in [7, 11) is 1.65. The summed E-state index contributed by atoms with van der Waals surface area (Å²) in [5, 5.41) is 15.0. The summed E-state index contributed by atoms with van der Waals surface area (Å²) < 4.78 is 5.10. The molecule has 0 aromatic heterocycles. The number of hydrogen-bond donors (Lipinski definition) is 3. The molecular formula is C18H22N2O3. The van der Waals surface area contributed by atoms with Crippen molar-refractivity contribution in [3.8, 4) is 0 Å². The van der Waals surface area contributed by atoms with Crippen molar-refractivity contribution in [2.24, 2.45) is 0 Å². The number of carbonyl (C=O) groups is 1. The first-order valence-electron chi connectivity index (χ1n) is 7.50. The number of methoxy groups -OCH3 is 1. The van der Waals surface area contributed by atoms with E-state index in [1.54, 1.807) is 7.11 Å². The molecule has 0 spiro atoms. The van der Waals surface area contributed by atoms with Gasteiger partial charge in [0.05, 0.1) is 19.3 Å². The van der Waals surface area contributed by atoms with Crippen molar-refractivity contribution in [1.29, 1.82) is 0 Å². The van der Waals surface area contributed by atoms with E-state index in [1.807, 2.05) is 54.6 Å². The fourth-order valence-corrected chi connectivity index (χ4v) is 2.31. The number of benzene rings is 2. The van der Waals surface area contributed by atoms with Gasteiger partial charge in [-0.05, 0) is 16.7 Å². The van der Waals surface area contributed by atoms with Gasteiger partial charge in [0.25, 0.3) is 0 Å². The predicted octanol–water partition coefficient (Wildman–Crippen LogP) is 2.37. The van der Waals surface area contributed by atoms with Crippen LogP contribution in [0.5, 0.6) is 0 Å². The fourth-order valence-electron chi connectivity index (χ4n) is 2.31. The molecule has 1 atom stereocenters. The van der Waals surface area contributed by atoms with E-state index in [9.17, 15) is 9.90 Å². The Bertz CT molecular complexity index is 617. The number of urea groups is 1. The van der Waals surface area contributed by atoms with E-state index < -0.39 is 6.04 Å². The summed E-state index contributed by atoms with van der Waals surface area (Å²) in [6, 6.07) is 16.5. The summed E-state index contributed by atoms with van der Waals surface area (Å²) >= 11 is 0. The zero-order valence-electron chi connectivity index (χ0n) is 13.2. The number of hydrogen-bond acceptors (Lipinski definition) is 3. The lowest BCUT2D eigenvalue weighted by Crippen LogP contribution is -2.38. The molecule has 0 bridgehead atoms. The largest absolute Gasteiger partial charge is 0.394 e. The van der Waals surface area contributed by atoms with Gasteiger partial charge in [-0.1, -0.05) is 54.6 Å². The summed E-state index contributed by atoms with van der Waals surface area (Å²) in [4.78, 5) is 12.0. The predicted molar refractivity (Wildman–Crippen MR) is 88.8 cm³/mol. The smallest absolute Gasteiger partial charge is 0.315 e. The first-order valence-corrected chi connectivity index (χ1v) is 7.50. The Morgan fingerprint density at radius 1 is 1.13 bits per heavy atom. The van der Waals surface area contributed by atoms with Gasteiger partial charge < -0.3 is 20.5 Å². The van der Waals surface area contributed by atoms with Crippen molar-refractivity contribution < 1.29 is 14.6 Å². The maximum atomic E-state index is 12.0. The van der Waals surface area contributed by atoms with Crippen molar-refractivity contribution in [3.05, 3.63) is 71.3 Å². The Hall–Kier alpha value is -2.37. The molecule has 23 heavy (non-hydrogen) atoms. The number of carbonyl (C=O) groups excluding carboxylic acids is 1. The van der Waals surface area contributed by atoms with E-state index in [0.29, 0.717) is 13.2 Å². The lowest BCUT2D eigenvalue weighted by atomic mass is 10.1.